The first-order chi connectivity index (χ1) is 12.8. The molecule has 7 nitrogen and oxygen atoms in total. The number of imidazole rings is 1. The van der Waals surface area contributed by atoms with Gasteiger partial charge in [-0.2, -0.15) is 5.10 Å². The number of nitrogen functional groups attached to an aromatic ring is 1. The zero-order valence-electron chi connectivity index (χ0n) is 13.7. The zero-order chi connectivity index (χ0) is 17.5. The third-order valence-electron chi connectivity index (χ3n) is 4.33. The standard InChI is InChI=1S/C19H15N7/c20-18-17-14(9-10-26(17)22-11-21-18)12-5-7-13(8-6-12)23-19-24-15-3-1-2-4-16(15)25-19/h1-11H,(H2,20,21,22)(H2,23,24,25). The molecule has 0 spiro atoms. The van der Waals surface area contributed by atoms with Crippen LogP contribution in [0.1, 0.15) is 0 Å². The minimum atomic E-state index is 0.462. The molecule has 0 aliphatic heterocycles. The van der Waals surface area contributed by atoms with Gasteiger partial charge in [0, 0.05) is 17.4 Å². The Morgan fingerprint density at radius 2 is 1.85 bits per heavy atom. The fourth-order valence-electron chi connectivity index (χ4n) is 3.09. The summed E-state index contributed by atoms with van der Waals surface area (Å²) in [6.45, 7) is 0. The molecule has 0 amide bonds. The van der Waals surface area contributed by atoms with Gasteiger partial charge in [-0.1, -0.05) is 24.3 Å². The smallest absolute Gasteiger partial charge is 0.205 e. The number of para-hydroxylation sites is 2. The number of hydrogen-bond acceptors (Lipinski definition) is 5. The van der Waals surface area contributed by atoms with Gasteiger partial charge in [0.1, 0.15) is 11.8 Å². The first-order valence-electron chi connectivity index (χ1n) is 8.18. The lowest BCUT2D eigenvalue weighted by Gasteiger charge is -2.05. The highest BCUT2D eigenvalue weighted by molar-refractivity contribution is 5.88. The van der Waals surface area contributed by atoms with Gasteiger partial charge in [0.25, 0.3) is 0 Å². The highest BCUT2D eigenvalue weighted by Gasteiger charge is 2.10. The van der Waals surface area contributed by atoms with Crippen LogP contribution in [0.2, 0.25) is 0 Å². The Kier molecular flexibility index (Phi) is 3.11. The minimum Gasteiger partial charge on any atom is -0.382 e. The molecule has 0 radical (unpaired) electrons. The summed E-state index contributed by atoms with van der Waals surface area (Å²) in [5.41, 5.74) is 11.7. The van der Waals surface area contributed by atoms with Crippen LogP contribution in [0, 0.1) is 0 Å². The van der Waals surface area contributed by atoms with Gasteiger partial charge < -0.3 is 16.0 Å². The highest BCUT2D eigenvalue weighted by Crippen LogP contribution is 2.29. The summed E-state index contributed by atoms with van der Waals surface area (Å²) in [6, 6.07) is 18.0. The maximum absolute atomic E-state index is 6.01. The monoisotopic (exact) mass is 341 g/mol. The molecule has 5 rings (SSSR count). The summed E-state index contributed by atoms with van der Waals surface area (Å²) in [5.74, 6) is 1.18. The van der Waals surface area contributed by atoms with E-state index in [1.165, 1.54) is 6.33 Å². The van der Waals surface area contributed by atoms with E-state index >= 15 is 0 Å². The minimum absolute atomic E-state index is 0.462. The number of rotatable bonds is 3. The van der Waals surface area contributed by atoms with E-state index in [4.69, 9.17) is 5.73 Å². The summed E-state index contributed by atoms with van der Waals surface area (Å²) in [4.78, 5) is 11.9. The van der Waals surface area contributed by atoms with Crippen molar-refractivity contribution < 1.29 is 0 Å². The number of benzene rings is 2. The predicted octanol–water partition coefficient (Wildman–Crippen LogP) is 3.60. The molecule has 0 saturated carbocycles. The Morgan fingerprint density at radius 3 is 2.69 bits per heavy atom. The number of nitrogens with zero attached hydrogens (tertiary/aromatic N) is 4. The molecule has 0 saturated heterocycles. The van der Waals surface area contributed by atoms with Crippen LogP contribution in [-0.4, -0.2) is 24.6 Å². The van der Waals surface area contributed by atoms with E-state index in [1.54, 1.807) is 4.52 Å². The third kappa shape index (κ3) is 2.34. The number of anilines is 3. The van der Waals surface area contributed by atoms with Crippen molar-refractivity contribution in [3.63, 3.8) is 0 Å². The summed E-state index contributed by atoms with van der Waals surface area (Å²) in [7, 11) is 0. The maximum Gasteiger partial charge on any atom is 0.205 e. The lowest BCUT2D eigenvalue weighted by atomic mass is 10.1. The van der Waals surface area contributed by atoms with Crippen molar-refractivity contribution in [2.24, 2.45) is 0 Å². The number of fused-ring (bicyclic) bond motifs is 2. The number of aromatic amines is 1. The number of aromatic nitrogens is 5. The Morgan fingerprint density at radius 1 is 1.00 bits per heavy atom. The summed E-state index contributed by atoms with van der Waals surface area (Å²) in [6.07, 6.45) is 3.33. The van der Waals surface area contributed by atoms with Gasteiger partial charge >= 0.3 is 0 Å². The van der Waals surface area contributed by atoms with E-state index in [-0.39, 0.29) is 0 Å². The number of nitrogens with two attached hydrogens (primary N) is 1. The molecule has 0 fully saturated rings. The van der Waals surface area contributed by atoms with Crippen molar-refractivity contribution in [3.8, 4) is 11.1 Å². The van der Waals surface area contributed by atoms with Crippen LogP contribution in [0.15, 0.2) is 67.1 Å². The van der Waals surface area contributed by atoms with Crippen molar-refractivity contribution >= 4 is 34.0 Å². The second-order valence-electron chi connectivity index (χ2n) is 5.97. The summed E-state index contributed by atoms with van der Waals surface area (Å²) < 4.78 is 1.73. The Balaban J connectivity index is 1.46. The molecule has 0 atom stereocenters. The molecule has 2 aromatic carbocycles. The van der Waals surface area contributed by atoms with Crippen molar-refractivity contribution in [1.29, 1.82) is 0 Å². The van der Waals surface area contributed by atoms with Crippen LogP contribution in [0.5, 0.6) is 0 Å². The molecule has 0 aliphatic carbocycles. The largest absolute Gasteiger partial charge is 0.382 e. The first-order valence-corrected chi connectivity index (χ1v) is 8.18. The molecule has 5 aromatic rings. The van der Waals surface area contributed by atoms with Crippen molar-refractivity contribution in [2.75, 3.05) is 11.1 Å². The van der Waals surface area contributed by atoms with Crippen LogP contribution in [0.25, 0.3) is 27.7 Å². The van der Waals surface area contributed by atoms with Crippen molar-refractivity contribution in [1.82, 2.24) is 24.6 Å². The van der Waals surface area contributed by atoms with Crippen molar-refractivity contribution in [3.05, 3.63) is 67.1 Å². The quantitative estimate of drug-likeness (QED) is 0.466. The first kappa shape index (κ1) is 14.5. The van der Waals surface area contributed by atoms with E-state index < -0.39 is 0 Å². The number of hydrogen-bond donors (Lipinski definition) is 3. The van der Waals surface area contributed by atoms with E-state index in [2.05, 4.69) is 25.4 Å². The average molecular weight is 341 g/mol. The Bertz CT molecular complexity index is 1180. The third-order valence-corrected chi connectivity index (χ3v) is 4.33. The van der Waals surface area contributed by atoms with Gasteiger partial charge in [0.2, 0.25) is 5.95 Å². The van der Waals surface area contributed by atoms with E-state index in [0.29, 0.717) is 11.8 Å². The molecular formula is C19H15N7. The zero-order valence-corrected chi connectivity index (χ0v) is 13.7. The summed E-state index contributed by atoms with van der Waals surface area (Å²) in [5, 5.41) is 7.48. The average Bonchev–Trinajstić information content (AvgIpc) is 3.27. The molecule has 7 heteroatoms. The molecule has 3 aromatic heterocycles. The maximum atomic E-state index is 6.01. The molecule has 4 N–H and O–H groups in total. The highest BCUT2D eigenvalue weighted by atomic mass is 15.2. The van der Waals surface area contributed by atoms with Crippen LogP contribution in [0.4, 0.5) is 17.5 Å². The second-order valence-corrected chi connectivity index (χ2v) is 5.97. The van der Waals surface area contributed by atoms with Gasteiger partial charge in [-0.05, 0) is 35.9 Å². The Labute approximate surface area is 148 Å². The lowest BCUT2D eigenvalue weighted by Crippen LogP contribution is -1.98. The fourth-order valence-corrected chi connectivity index (χ4v) is 3.09. The van der Waals surface area contributed by atoms with Gasteiger partial charge in [-0.3, -0.25) is 0 Å². The summed E-state index contributed by atoms with van der Waals surface area (Å²) >= 11 is 0. The van der Waals surface area contributed by atoms with Gasteiger partial charge in [-0.15, -0.1) is 0 Å². The van der Waals surface area contributed by atoms with Gasteiger partial charge in [-0.25, -0.2) is 14.5 Å². The second kappa shape index (κ2) is 5.59. The molecule has 0 unspecified atom stereocenters. The molecule has 0 aliphatic rings. The lowest BCUT2D eigenvalue weighted by molar-refractivity contribution is 0.908. The Hall–Kier alpha value is -3.87. The molecule has 3 heterocycles. The predicted molar refractivity (Wildman–Crippen MR) is 102 cm³/mol. The normalized spacial score (nSPS) is 11.2. The van der Waals surface area contributed by atoms with Crippen LogP contribution < -0.4 is 11.1 Å². The van der Waals surface area contributed by atoms with Crippen LogP contribution >= 0.6 is 0 Å². The van der Waals surface area contributed by atoms with E-state index in [0.717, 1.165) is 33.4 Å². The number of nitrogens with one attached hydrogen (secondary N) is 2. The van der Waals surface area contributed by atoms with Crippen LogP contribution in [-0.2, 0) is 0 Å². The molecule has 126 valence electrons. The van der Waals surface area contributed by atoms with Crippen LogP contribution in [0.3, 0.4) is 0 Å². The van der Waals surface area contributed by atoms with E-state index in [9.17, 15) is 0 Å². The van der Waals surface area contributed by atoms with Gasteiger partial charge in [0.15, 0.2) is 5.82 Å². The van der Waals surface area contributed by atoms with Gasteiger partial charge in [0.05, 0.1) is 11.0 Å². The van der Waals surface area contributed by atoms with Crippen molar-refractivity contribution in [2.45, 2.75) is 0 Å². The fraction of sp³-hybridized carbons (Fsp3) is 0. The topological polar surface area (TPSA) is 96.9 Å². The van der Waals surface area contributed by atoms with E-state index in [1.807, 2.05) is 60.8 Å². The molecular weight excluding hydrogens is 326 g/mol. The SMILES string of the molecule is Nc1ncnn2ccc(-c3ccc(Nc4nc5ccccc5[nH]4)cc3)c12. The molecule has 0 bridgehead atoms. The number of H-pyrrole nitrogens is 1. The molecule has 26 heavy (non-hydrogen) atoms.